The largest absolute Gasteiger partial charge is 0.496 e. The van der Waals surface area contributed by atoms with E-state index >= 15 is 0 Å². The molecule has 3 nitrogen and oxygen atoms in total. The van der Waals surface area contributed by atoms with Crippen molar-refractivity contribution < 1.29 is 31.8 Å². The van der Waals surface area contributed by atoms with E-state index in [1.54, 1.807) is 48.5 Å². The van der Waals surface area contributed by atoms with Gasteiger partial charge in [-0.2, -0.15) is 8.78 Å². The second kappa shape index (κ2) is 9.84. The van der Waals surface area contributed by atoms with E-state index in [4.69, 9.17) is 9.47 Å². The fourth-order valence-electron chi connectivity index (χ4n) is 2.26. The highest BCUT2D eigenvalue weighted by atomic mass is 79.9. The number of allylic oxidation sites excluding steroid dienone is 1. The lowest BCUT2D eigenvalue weighted by Gasteiger charge is -2.16. The maximum absolute atomic E-state index is 12.9. The molecule has 0 fully saturated rings. The first-order valence-electron chi connectivity index (χ1n) is 8.11. The van der Waals surface area contributed by atoms with Crippen molar-refractivity contribution in [2.45, 2.75) is 19.0 Å². The third-order valence-corrected chi connectivity index (χ3v) is 4.26. The summed E-state index contributed by atoms with van der Waals surface area (Å²) >= 11 is 3.29. The second-order valence-corrected chi connectivity index (χ2v) is 6.75. The Morgan fingerprint density at radius 3 is 2.46 bits per heavy atom. The normalized spacial score (nSPS) is 12.0. The summed E-state index contributed by atoms with van der Waals surface area (Å²) in [6.07, 6.45) is -0.866. The van der Waals surface area contributed by atoms with Crippen LogP contribution < -0.4 is 4.74 Å². The first kappa shape index (κ1) is 22.1. The van der Waals surface area contributed by atoms with Crippen molar-refractivity contribution in [3.8, 4) is 5.75 Å². The van der Waals surface area contributed by atoms with Crippen LogP contribution in [0.4, 0.5) is 17.6 Å². The van der Waals surface area contributed by atoms with E-state index in [1.165, 1.54) is 13.2 Å². The van der Waals surface area contributed by atoms with Crippen molar-refractivity contribution in [1.29, 1.82) is 0 Å². The van der Waals surface area contributed by atoms with Gasteiger partial charge >= 0.3 is 12.3 Å². The summed E-state index contributed by atoms with van der Waals surface area (Å²) in [5, 5.41) is 0. The van der Waals surface area contributed by atoms with Gasteiger partial charge in [0.1, 0.15) is 12.4 Å². The SMILES string of the molecule is COc1ccc(/C=C/C(=O)c2ccc(Br)cc2)cc1COCC(F)(F)C(F)F. The van der Waals surface area contributed by atoms with Crippen LogP contribution in [-0.4, -0.2) is 31.8 Å². The molecule has 0 unspecified atom stereocenters. The Bertz CT molecular complexity index is 836. The van der Waals surface area contributed by atoms with Crippen molar-refractivity contribution >= 4 is 27.8 Å². The van der Waals surface area contributed by atoms with Crippen LogP contribution in [0.15, 0.2) is 53.0 Å². The van der Waals surface area contributed by atoms with E-state index in [0.29, 0.717) is 22.4 Å². The molecule has 0 aliphatic rings. The van der Waals surface area contributed by atoms with Gasteiger partial charge in [-0.3, -0.25) is 4.79 Å². The molecule has 0 spiro atoms. The standard InChI is InChI=1S/C20H17BrF4O3/c1-27-18-9-3-13(2-8-17(26)14-4-6-16(21)7-5-14)10-15(18)11-28-12-20(24,25)19(22)23/h2-10,19H,11-12H2,1H3/b8-2+. The number of methoxy groups -OCH3 is 1. The molecule has 0 aliphatic carbocycles. The quantitative estimate of drug-likeness (QED) is 0.270. The number of ether oxygens (including phenoxy) is 2. The first-order chi connectivity index (χ1) is 13.2. The highest BCUT2D eigenvalue weighted by Crippen LogP contribution is 2.26. The monoisotopic (exact) mass is 460 g/mol. The van der Waals surface area contributed by atoms with Gasteiger partial charge in [-0.1, -0.05) is 28.1 Å². The summed E-state index contributed by atoms with van der Waals surface area (Å²) in [5.74, 6) is -4.07. The lowest BCUT2D eigenvalue weighted by atomic mass is 10.1. The lowest BCUT2D eigenvalue weighted by molar-refractivity contribution is -0.168. The summed E-state index contributed by atoms with van der Waals surface area (Å²) in [5.41, 5.74) is 1.50. The van der Waals surface area contributed by atoms with Crippen LogP contribution in [0.3, 0.4) is 0 Å². The molecule has 2 rings (SSSR count). The van der Waals surface area contributed by atoms with Gasteiger partial charge in [-0.25, -0.2) is 8.78 Å². The second-order valence-electron chi connectivity index (χ2n) is 5.83. The van der Waals surface area contributed by atoms with E-state index in [2.05, 4.69) is 15.9 Å². The minimum absolute atomic E-state index is 0.210. The third kappa shape index (κ3) is 6.17. The summed E-state index contributed by atoms with van der Waals surface area (Å²) in [7, 11) is 1.39. The number of alkyl halides is 4. The molecule has 0 aromatic heterocycles. The molecule has 150 valence electrons. The number of hydrogen-bond acceptors (Lipinski definition) is 3. The molecule has 28 heavy (non-hydrogen) atoms. The smallest absolute Gasteiger partial charge is 0.330 e. The molecule has 0 radical (unpaired) electrons. The summed E-state index contributed by atoms with van der Waals surface area (Å²) in [4.78, 5) is 12.2. The Balaban J connectivity index is 2.08. The number of carbonyl (C=O) groups excluding carboxylic acids is 1. The lowest BCUT2D eigenvalue weighted by Crippen LogP contribution is -2.32. The third-order valence-electron chi connectivity index (χ3n) is 3.73. The fourth-order valence-corrected chi connectivity index (χ4v) is 2.52. The number of ketones is 1. The van der Waals surface area contributed by atoms with Gasteiger partial charge in [0.25, 0.3) is 0 Å². The fraction of sp³-hybridized carbons (Fsp3) is 0.250. The molecule has 0 heterocycles. The van der Waals surface area contributed by atoms with Gasteiger partial charge in [-0.05, 0) is 48.0 Å². The van der Waals surface area contributed by atoms with Crippen LogP contribution in [0.25, 0.3) is 6.08 Å². The Kier molecular flexibility index (Phi) is 7.77. The molecular weight excluding hydrogens is 444 g/mol. The summed E-state index contributed by atoms with van der Waals surface area (Å²) < 4.78 is 61.0. The highest BCUT2D eigenvalue weighted by Gasteiger charge is 2.40. The zero-order valence-corrected chi connectivity index (χ0v) is 16.4. The molecule has 8 heteroatoms. The average molecular weight is 461 g/mol. The van der Waals surface area contributed by atoms with Gasteiger partial charge in [0.15, 0.2) is 5.78 Å². The summed E-state index contributed by atoms with van der Waals surface area (Å²) in [6, 6.07) is 11.7. The number of rotatable bonds is 9. The van der Waals surface area contributed by atoms with Crippen LogP contribution in [-0.2, 0) is 11.3 Å². The highest BCUT2D eigenvalue weighted by molar-refractivity contribution is 9.10. The van der Waals surface area contributed by atoms with Crippen LogP contribution in [0.5, 0.6) is 5.75 Å². The zero-order chi connectivity index (χ0) is 20.7. The van der Waals surface area contributed by atoms with E-state index in [-0.39, 0.29) is 12.4 Å². The molecule has 2 aromatic rings. The molecule has 0 atom stereocenters. The predicted octanol–water partition coefficient (Wildman–Crippen LogP) is 5.77. The van der Waals surface area contributed by atoms with Crippen LogP contribution >= 0.6 is 15.9 Å². The van der Waals surface area contributed by atoms with E-state index < -0.39 is 19.0 Å². The van der Waals surface area contributed by atoms with E-state index in [9.17, 15) is 22.4 Å². The van der Waals surface area contributed by atoms with Crippen molar-refractivity contribution in [2.24, 2.45) is 0 Å². The maximum Gasteiger partial charge on any atom is 0.330 e. The molecule has 0 saturated heterocycles. The Morgan fingerprint density at radius 1 is 1.18 bits per heavy atom. The minimum atomic E-state index is -4.22. The van der Waals surface area contributed by atoms with Crippen molar-refractivity contribution in [3.63, 3.8) is 0 Å². The molecule has 0 saturated carbocycles. The number of hydrogen-bond donors (Lipinski definition) is 0. The van der Waals surface area contributed by atoms with E-state index in [0.717, 1.165) is 4.47 Å². The number of benzene rings is 2. The zero-order valence-electron chi connectivity index (χ0n) is 14.8. The molecule has 2 aromatic carbocycles. The molecule has 0 bridgehead atoms. The van der Waals surface area contributed by atoms with E-state index in [1.807, 2.05) is 0 Å². The van der Waals surface area contributed by atoms with Gasteiger partial charge in [0, 0.05) is 15.6 Å². The Labute approximate surface area is 168 Å². The predicted molar refractivity (Wildman–Crippen MR) is 101 cm³/mol. The Morgan fingerprint density at radius 2 is 1.86 bits per heavy atom. The topological polar surface area (TPSA) is 35.5 Å². The van der Waals surface area contributed by atoms with Gasteiger partial charge in [0.2, 0.25) is 0 Å². The van der Waals surface area contributed by atoms with Crippen molar-refractivity contribution in [3.05, 3.63) is 69.7 Å². The van der Waals surface area contributed by atoms with Gasteiger partial charge in [0.05, 0.1) is 13.7 Å². The molecular formula is C20H17BrF4O3. The van der Waals surface area contributed by atoms with Crippen molar-refractivity contribution in [2.75, 3.05) is 13.7 Å². The summed E-state index contributed by atoms with van der Waals surface area (Å²) in [6.45, 7) is -1.75. The molecule has 0 aliphatic heterocycles. The molecule has 0 amide bonds. The van der Waals surface area contributed by atoms with Crippen molar-refractivity contribution in [1.82, 2.24) is 0 Å². The minimum Gasteiger partial charge on any atom is -0.496 e. The van der Waals surface area contributed by atoms with Crippen LogP contribution in [0.1, 0.15) is 21.5 Å². The number of halogens is 5. The first-order valence-corrected chi connectivity index (χ1v) is 8.91. The van der Waals surface area contributed by atoms with Crippen LogP contribution in [0, 0.1) is 0 Å². The van der Waals surface area contributed by atoms with Gasteiger partial charge < -0.3 is 9.47 Å². The average Bonchev–Trinajstić information content (AvgIpc) is 2.66. The molecule has 0 N–H and O–H groups in total. The van der Waals surface area contributed by atoms with Crippen LogP contribution in [0.2, 0.25) is 0 Å². The number of carbonyl (C=O) groups is 1. The Hall–Kier alpha value is -2.19. The maximum atomic E-state index is 12.9. The van der Waals surface area contributed by atoms with Gasteiger partial charge in [-0.15, -0.1) is 0 Å².